The highest BCUT2D eigenvalue weighted by Gasteiger charge is 2.89. The Labute approximate surface area is 266 Å². The summed E-state index contributed by atoms with van der Waals surface area (Å²) in [7, 11) is 8.52. The maximum Gasteiger partial charge on any atom is 0.303 e. The van der Waals surface area contributed by atoms with Gasteiger partial charge in [0.25, 0.3) is 0 Å². The Hall–Kier alpha value is -2.08. The van der Waals surface area contributed by atoms with E-state index in [1.807, 2.05) is 0 Å². The number of likely N-dealkylation sites (tertiary alicyclic amines) is 1. The normalized spacial score (nSPS) is 47.4. The van der Waals surface area contributed by atoms with Gasteiger partial charge in [0.05, 0.1) is 37.9 Å². The fourth-order valence-corrected chi connectivity index (χ4v) is 12.7. The lowest BCUT2D eigenvalue weighted by Crippen LogP contribution is -2.77. The van der Waals surface area contributed by atoms with Gasteiger partial charge in [-0.2, -0.15) is 0 Å². The Morgan fingerprint density at radius 3 is 2.27 bits per heavy atom. The summed E-state index contributed by atoms with van der Waals surface area (Å²) < 4.78 is 37.3. The van der Waals surface area contributed by atoms with Crippen LogP contribution < -0.4 is 4.74 Å². The minimum absolute atomic E-state index is 0.0227. The summed E-state index contributed by atoms with van der Waals surface area (Å²) >= 11 is 0. The molecule has 5 saturated carbocycles. The van der Waals surface area contributed by atoms with Gasteiger partial charge in [-0.3, -0.25) is 14.5 Å². The molecule has 6 fully saturated rings. The predicted octanol–water partition coefficient (Wildman–Crippen LogP) is 2.99. The topological polar surface area (TPSA) is 113 Å². The van der Waals surface area contributed by atoms with Crippen LogP contribution in [0.1, 0.15) is 49.9 Å². The van der Waals surface area contributed by atoms with E-state index in [1.54, 1.807) is 59.8 Å². The SMILES string of the molecule is CCN1CC2(COC)CC[C@H](OC)[C@]34C1[C@@H]([C@H](OC)[C@H]23)C1(OC(C)=O)C[C@H](OC)[C@]2(O)C[C@@H]4[C@@H]1[C@H]2C(=O)c1ccc(OC)cc1. The van der Waals surface area contributed by atoms with Crippen molar-refractivity contribution in [2.24, 2.45) is 40.4 Å². The number of benzene rings is 1. The molecule has 13 atom stereocenters. The lowest BCUT2D eigenvalue weighted by atomic mass is 9.42. The van der Waals surface area contributed by atoms with Crippen LogP contribution in [0.15, 0.2) is 24.3 Å². The maximum atomic E-state index is 14.8. The molecule has 5 aliphatic carbocycles. The summed E-state index contributed by atoms with van der Waals surface area (Å²) in [5.74, 6) is -1.66. The molecule has 10 nitrogen and oxygen atoms in total. The van der Waals surface area contributed by atoms with Gasteiger partial charge in [-0.25, -0.2) is 0 Å². The highest BCUT2D eigenvalue weighted by atomic mass is 16.6. The lowest BCUT2D eigenvalue weighted by molar-refractivity contribution is -0.277. The Kier molecular flexibility index (Phi) is 7.51. The molecule has 6 aliphatic rings. The zero-order chi connectivity index (χ0) is 32.1. The highest BCUT2D eigenvalue weighted by molar-refractivity contribution is 5.99. The molecule has 1 aromatic carbocycles. The molecule has 248 valence electrons. The molecule has 7 rings (SSSR count). The smallest absolute Gasteiger partial charge is 0.303 e. The first kappa shape index (κ1) is 31.5. The number of aliphatic hydroxyl groups is 1. The Morgan fingerprint density at radius 1 is 0.978 bits per heavy atom. The summed E-state index contributed by atoms with van der Waals surface area (Å²) in [6.07, 6.45) is 1.28. The van der Waals surface area contributed by atoms with Crippen molar-refractivity contribution >= 4 is 11.8 Å². The molecule has 1 spiro atoms. The summed E-state index contributed by atoms with van der Waals surface area (Å²) in [4.78, 5) is 30.7. The van der Waals surface area contributed by atoms with Gasteiger partial charge in [0, 0.05) is 88.5 Å². The third kappa shape index (κ3) is 3.72. The molecule has 1 N–H and O–H groups in total. The fraction of sp³-hybridized carbons (Fsp3) is 0.771. The van der Waals surface area contributed by atoms with Crippen LogP contribution in [0.5, 0.6) is 5.75 Å². The molecule has 1 aliphatic heterocycles. The number of piperidine rings is 1. The first-order valence-corrected chi connectivity index (χ1v) is 16.5. The third-order valence-corrected chi connectivity index (χ3v) is 13.5. The second-order valence-electron chi connectivity index (χ2n) is 14.6. The van der Waals surface area contributed by atoms with E-state index >= 15 is 0 Å². The average molecular weight is 628 g/mol. The molecule has 0 amide bonds. The van der Waals surface area contributed by atoms with Crippen LogP contribution in [0, 0.1) is 40.4 Å². The first-order chi connectivity index (χ1) is 21.6. The van der Waals surface area contributed by atoms with E-state index in [4.69, 9.17) is 28.4 Å². The number of rotatable bonds is 10. The second kappa shape index (κ2) is 10.7. The van der Waals surface area contributed by atoms with Gasteiger partial charge in [-0.1, -0.05) is 6.92 Å². The van der Waals surface area contributed by atoms with Crippen molar-refractivity contribution < 1.29 is 43.1 Å². The minimum Gasteiger partial charge on any atom is -0.497 e. The zero-order valence-corrected chi connectivity index (χ0v) is 27.6. The highest BCUT2D eigenvalue weighted by Crippen LogP contribution is 2.81. The molecule has 0 aromatic heterocycles. The van der Waals surface area contributed by atoms with Gasteiger partial charge in [-0.05, 0) is 56.0 Å². The summed E-state index contributed by atoms with van der Waals surface area (Å²) in [6, 6.07) is 7.02. The van der Waals surface area contributed by atoms with Crippen molar-refractivity contribution in [1.29, 1.82) is 0 Å². The minimum atomic E-state index is -1.46. The molecular formula is C35H49NO9. The van der Waals surface area contributed by atoms with Crippen molar-refractivity contribution in [3.05, 3.63) is 29.8 Å². The Balaban J connectivity index is 1.52. The Bertz CT molecular complexity index is 1340. The molecule has 1 heterocycles. The number of hydrogen-bond acceptors (Lipinski definition) is 10. The van der Waals surface area contributed by atoms with Gasteiger partial charge in [0.2, 0.25) is 0 Å². The number of carbonyl (C=O) groups is 2. The van der Waals surface area contributed by atoms with Crippen LogP contribution in [-0.2, 0) is 28.5 Å². The molecule has 45 heavy (non-hydrogen) atoms. The average Bonchev–Trinajstić information content (AvgIpc) is 3.43. The lowest BCUT2D eigenvalue weighted by Gasteiger charge is -2.69. The molecule has 1 saturated heterocycles. The molecular weight excluding hydrogens is 578 g/mol. The summed E-state index contributed by atoms with van der Waals surface area (Å²) in [5, 5.41) is 12.9. The number of hydrogen-bond donors (Lipinski definition) is 1. The predicted molar refractivity (Wildman–Crippen MR) is 163 cm³/mol. The van der Waals surface area contributed by atoms with Crippen molar-refractivity contribution in [2.75, 3.05) is 55.2 Å². The molecule has 1 aromatic rings. The van der Waals surface area contributed by atoms with Crippen LogP contribution in [0.3, 0.4) is 0 Å². The van der Waals surface area contributed by atoms with Gasteiger partial charge in [-0.15, -0.1) is 0 Å². The summed E-state index contributed by atoms with van der Waals surface area (Å²) in [6.45, 7) is 5.86. The first-order valence-electron chi connectivity index (χ1n) is 16.5. The number of methoxy groups -OCH3 is 5. The molecule has 7 bridgehead atoms. The number of fused-ring (bicyclic) bond motifs is 2. The van der Waals surface area contributed by atoms with Crippen molar-refractivity contribution in [3.8, 4) is 5.75 Å². The van der Waals surface area contributed by atoms with E-state index in [0.29, 0.717) is 30.8 Å². The number of ether oxygens (including phenoxy) is 6. The molecule has 10 heteroatoms. The quantitative estimate of drug-likeness (QED) is 0.307. The molecule has 0 radical (unpaired) electrons. The van der Waals surface area contributed by atoms with E-state index in [0.717, 1.165) is 25.9 Å². The van der Waals surface area contributed by atoms with Crippen molar-refractivity contribution in [1.82, 2.24) is 4.90 Å². The van der Waals surface area contributed by atoms with Gasteiger partial charge in [0.1, 0.15) is 17.0 Å². The maximum absolute atomic E-state index is 14.8. The summed E-state index contributed by atoms with van der Waals surface area (Å²) in [5.41, 5.74) is -2.76. The number of carbonyl (C=O) groups excluding carboxylic acids is 2. The standard InChI is InChI=1S/C35H49NO9/c1-8-36-17-32(18-40-3)14-13-23(42-5)35-22-15-33(39)24(43-6)16-34(45-19(2)37,27(31(35)36)29(44-7)30(32)35)25(22)26(33)28(38)20-9-11-21(41-4)12-10-20/h9-12,22-27,29-31,39H,8,13-18H2,1-7H3/t22-,23+,24+,25-,26+,27-,29+,30-,31?,32?,33-,34?,35+/m1/s1. The van der Waals surface area contributed by atoms with E-state index in [-0.39, 0.29) is 47.2 Å². The van der Waals surface area contributed by atoms with E-state index < -0.39 is 40.5 Å². The van der Waals surface area contributed by atoms with Crippen LogP contribution in [0.4, 0.5) is 0 Å². The van der Waals surface area contributed by atoms with Gasteiger partial charge in [0.15, 0.2) is 5.78 Å². The number of Topliss-reactive ketones (excluding diaryl/α,β-unsaturated/α-hetero) is 1. The van der Waals surface area contributed by atoms with E-state index in [9.17, 15) is 14.7 Å². The fourth-order valence-electron chi connectivity index (χ4n) is 12.7. The van der Waals surface area contributed by atoms with Crippen LogP contribution in [0.2, 0.25) is 0 Å². The number of ketones is 1. The van der Waals surface area contributed by atoms with E-state index in [2.05, 4.69) is 11.8 Å². The zero-order valence-electron chi connectivity index (χ0n) is 27.6. The number of esters is 1. The second-order valence-corrected chi connectivity index (χ2v) is 14.6. The van der Waals surface area contributed by atoms with Crippen molar-refractivity contribution in [3.63, 3.8) is 0 Å². The van der Waals surface area contributed by atoms with Crippen LogP contribution >= 0.6 is 0 Å². The monoisotopic (exact) mass is 627 g/mol. The largest absolute Gasteiger partial charge is 0.497 e. The van der Waals surface area contributed by atoms with Crippen molar-refractivity contribution in [2.45, 2.75) is 75.1 Å². The number of nitrogens with zero attached hydrogens (tertiary/aromatic N) is 1. The third-order valence-electron chi connectivity index (χ3n) is 13.5. The van der Waals surface area contributed by atoms with Crippen LogP contribution in [-0.4, -0.2) is 113 Å². The van der Waals surface area contributed by atoms with Gasteiger partial charge >= 0.3 is 5.97 Å². The van der Waals surface area contributed by atoms with Gasteiger partial charge < -0.3 is 33.5 Å². The van der Waals surface area contributed by atoms with Crippen LogP contribution in [0.25, 0.3) is 0 Å². The molecule has 3 unspecified atom stereocenters. The Morgan fingerprint density at radius 2 is 1.69 bits per heavy atom. The van der Waals surface area contributed by atoms with E-state index in [1.165, 1.54) is 6.92 Å².